The number of rotatable bonds is 3. The third-order valence-electron chi connectivity index (χ3n) is 2.46. The molecular formula is C13H18FNO2. The molecule has 0 saturated heterocycles. The minimum Gasteiger partial charge on any atom is -0.467 e. The lowest BCUT2D eigenvalue weighted by Crippen LogP contribution is -2.41. The fourth-order valence-corrected chi connectivity index (χ4v) is 1.46. The maximum absolute atomic E-state index is 12.8. The van der Waals surface area contributed by atoms with Crippen molar-refractivity contribution in [2.24, 2.45) is 5.41 Å². The van der Waals surface area contributed by atoms with E-state index in [4.69, 9.17) is 4.74 Å². The number of halogens is 1. The molecule has 0 aliphatic heterocycles. The van der Waals surface area contributed by atoms with E-state index in [2.05, 4.69) is 5.32 Å². The molecule has 0 radical (unpaired) electrons. The SMILES string of the molecule is COC(=O)C(Nc1ccc(F)cc1)C(C)(C)C. The number of carbonyl (C=O) groups excluding carboxylic acids is 1. The number of ether oxygens (including phenoxy) is 1. The number of hydrogen-bond donors (Lipinski definition) is 1. The molecule has 0 fully saturated rings. The third kappa shape index (κ3) is 3.73. The molecule has 0 heterocycles. The van der Waals surface area contributed by atoms with Crippen LogP contribution in [0.3, 0.4) is 0 Å². The molecule has 0 amide bonds. The van der Waals surface area contributed by atoms with E-state index in [1.54, 1.807) is 12.1 Å². The Morgan fingerprint density at radius 2 is 1.82 bits per heavy atom. The van der Waals surface area contributed by atoms with Gasteiger partial charge in [0.25, 0.3) is 0 Å². The molecule has 1 aromatic rings. The predicted molar refractivity (Wildman–Crippen MR) is 65.3 cm³/mol. The van der Waals surface area contributed by atoms with Crippen LogP contribution in [0.4, 0.5) is 10.1 Å². The van der Waals surface area contributed by atoms with Gasteiger partial charge in [-0.2, -0.15) is 0 Å². The zero-order valence-corrected chi connectivity index (χ0v) is 10.6. The fraction of sp³-hybridized carbons (Fsp3) is 0.462. The second-order valence-corrected chi connectivity index (χ2v) is 4.97. The first-order valence-electron chi connectivity index (χ1n) is 5.44. The lowest BCUT2D eigenvalue weighted by Gasteiger charge is -2.29. The molecule has 0 spiro atoms. The molecule has 1 N–H and O–H groups in total. The number of esters is 1. The number of nitrogens with one attached hydrogen (secondary N) is 1. The molecule has 0 aliphatic carbocycles. The number of methoxy groups -OCH3 is 1. The summed E-state index contributed by atoms with van der Waals surface area (Å²) in [5.41, 5.74) is 0.401. The summed E-state index contributed by atoms with van der Waals surface area (Å²) >= 11 is 0. The van der Waals surface area contributed by atoms with Crippen LogP contribution in [-0.4, -0.2) is 19.1 Å². The molecule has 4 heteroatoms. The molecule has 0 bridgehead atoms. The van der Waals surface area contributed by atoms with Crippen LogP contribution in [-0.2, 0) is 9.53 Å². The van der Waals surface area contributed by atoms with Crippen LogP contribution in [0.15, 0.2) is 24.3 Å². The Hall–Kier alpha value is -1.58. The Bertz CT molecular complexity index is 381. The van der Waals surface area contributed by atoms with Crippen LogP contribution >= 0.6 is 0 Å². The van der Waals surface area contributed by atoms with Gasteiger partial charge in [0.1, 0.15) is 11.9 Å². The zero-order chi connectivity index (χ0) is 13.1. The largest absolute Gasteiger partial charge is 0.467 e. The van der Waals surface area contributed by atoms with Crippen molar-refractivity contribution in [1.29, 1.82) is 0 Å². The quantitative estimate of drug-likeness (QED) is 0.824. The summed E-state index contributed by atoms with van der Waals surface area (Å²) in [5, 5.41) is 3.06. The maximum Gasteiger partial charge on any atom is 0.328 e. The summed E-state index contributed by atoms with van der Waals surface area (Å²) in [6.07, 6.45) is 0. The van der Waals surface area contributed by atoms with E-state index in [0.717, 1.165) is 0 Å². The Morgan fingerprint density at radius 1 is 1.29 bits per heavy atom. The van der Waals surface area contributed by atoms with Crippen molar-refractivity contribution in [3.63, 3.8) is 0 Å². The van der Waals surface area contributed by atoms with Crippen molar-refractivity contribution in [1.82, 2.24) is 0 Å². The summed E-state index contributed by atoms with van der Waals surface area (Å²) in [5.74, 6) is -0.636. The highest BCUT2D eigenvalue weighted by atomic mass is 19.1. The summed E-state index contributed by atoms with van der Waals surface area (Å²) in [7, 11) is 1.35. The van der Waals surface area contributed by atoms with E-state index in [9.17, 15) is 9.18 Å². The average molecular weight is 239 g/mol. The smallest absolute Gasteiger partial charge is 0.328 e. The molecule has 1 atom stereocenters. The first-order valence-corrected chi connectivity index (χ1v) is 5.44. The number of benzene rings is 1. The summed E-state index contributed by atoms with van der Waals surface area (Å²) in [4.78, 5) is 11.7. The van der Waals surface area contributed by atoms with Crippen molar-refractivity contribution in [2.75, 3.05) is 12.4 Å². The van der Waals surface area contributed by atoms with Gasteiger partial charge in [0.2, 0.25) is 0 Å². The molecule has 0 aliphatic rings. The normalized spacial score (nSPS) is 13.0. The predicted octanol–water partition coefficient (Wildman–Crippen LogP) is 2.83. The van der Waals surface area contributed by atoms with Gasteiger partial charge in [-0.05, 0) is 29.7 Å². The van der Waals surface area contributed by atoms with Crippen LogP contribution in [0.25, 0.3) is 0 Å². The summed E-state index contributed by atoms with van der Waals surface area (Å²) < 4.78 is 17.5. The Balaban J connectivity index is 2.87. The summed E-state index contributed by atoms with van der Waals surface area (Å²) in [6.45, 7) is 5.81. The van der Waals surface area contributed by atoms with Crippen LogP contribution < -0.4 is 5.32 Å². The molecule has 1 unspecified atom stereocenters. The van der Waals surface area contributed by atoms with E-state index >= 15 is 0 Å². The minimum atomic E-state index is -0.474. The average Bonchev–Trinajstić information content (AvgIpc) is 2.25. The van der Waals surface area contributed by atoms with E-state index in [0.29, 0.717) is 5.69 Å². The number of carbonyl (C=O) groups is 1. The van der Waals surface area contributed by atoms with Crippen LogP contribution in [0.5, 0.6) is 0 Å². The first-order chi connectivity index (χ1) is 7.84. The molecule has 1 rings (SSSR count). The number of anilines is 1. The van der Waals surface area contributed by atoms with E-state index in [1.807, 2.05) is 20.8 Å². The topological polar surface area (TPSA) is 38.3 Å². The molecule has 0 aromatic heterocycles. The van der Waals surface area contributed by atoms with E-state index < -0.39 is 6.04 Å². The molecule has 94 valence electrons. The van der Waals surface area contributed by atoms with Crippen LogP contribution in [0, 0.1) is 11.2 Å². The second kappa shape index (κ2) is 5.17. The Morgan fingerprint density at radius 3 is 2.24 bits per heavy atom. The van der Waals surface area contributed by atoms with Crippen LogP contribution in [0.1, 0.15) is 20.8 Å². The monoisotopic (exact) mass is 239 g/mol. The maximum atomic E-state index is 12.8. The fourth-order valence-electron chi connectivity index (χ4n) is 1.46. The van der Waals surface area contributed by atoms with Gasteiger partial charge in [-0.1, -0.05) is 20.8 Å². The highest BCUT2D eigenvalue weighted by Gasteiger charge is 2.32. The van der Waals surface area contributed by atoms with Gasteiger partial charge in [-0.15, -0.1) is 0 Å². The van der Waals surface area contributed by atoms with Gasteiger partial charge in [-0.25, -0.2) is 9.18 Å². The first kappa shape index (κ1) is 13.5. The highest BCUT2D eigenvalue weighted by Crippen LogP contribution is 2.24. The molecule has 0 saturated carbocycles. The Labute approximate surface area is 101 Å². The van der Waals surface area contributed by atoms with Gasteiger partial charge in [0.05, 0.1) is 7.11 Å². The highest BCUT2D eigenvalue weighted by molar-refractivity contribution is 5.80. The van der Waals surface area contributed by atoms with E-state index in [-0.39, 0.29) is 17.2 Å². The third-order valence-corrected chi connectivity index (χ3v) is 2.46. The van der Waals surface area contributed by atoms with Crippen molar-refractivity contribution >= 4 is 11.7 Å². The minimum absolute atomic E-state index is 0.290. The van der Waals surface area contributed by atoms with Crippen LogP contribution in [0.2, 0.25) is 0 Å². The second-order valence-electron chi connectivity index (χ2n) is 4.97. The standard InChI is InChI=1S/C13H18FNO2/c1-13(2,3)11(12(16)17-4)15-10-7-5-9(14)6-8-10/h5-8,11,15H,1-4H3. The van der Waals surface area contributed by atoms with Crippen molar-refractivity contribution in [2.45, 2.75) is 26.8 Å². The lowest BCUT2D eigenvalue weighted by atomic mass is 9.86. The molecular weight excluding hydrogens is 221 g/mol. The van der Waals surface area contributed by atoms with Crippen molar-refractivity contribution in [3.05, 3.63) is 30.1 Å². The Kier molecular flexibility index (Phi) is 4.10. The van der Waals surface area contributed by atoms with Gasteiger partial charge in [-0.3, -0.25) is 0 Å². The van der Waals surface area contributed by atoms with Crippen molar-refractivity contribution in [3.8, 4) is 0 Å². The van der Waals surface area contributed by atoms with Gasteiger partial charge >= 0.3 is 5.97 Å². The molecule has 1 aromatic carbocycles. The van der Waals surface area contributed by atoms with Gasteiger partial charge in [0.15, 0.2) is 0 Å². The van der Waals surface area contributed by atoms with Crippen molar-refractivity contribution < 1.29 is 13.9 Å². The van der Waals surface area contributed by atoms with Gasteiger partial charge < -0.3 is 10.1 Å². The number of hydrogen-bond acceptors (Lipinski definition) is 3. The zero-order valence-electron chi connectivity index (χ0n) is 10.6. The summed E-state index contributed by atoms with van der Waals surface area (Å²) in [6, 6.07) is 5.41. The molecule has 17 heavy (non-hydrogen) atoms. The lowest BCUT2D eigenvalue weighted by molar-refractivity contribution is -0.143. The van der Waals surface area contributed by atoms with Gasteiger partial charge in [0, 0.05) is 5.69 Å². The van der Waals surface area contributed by atoms with E-state index in [1.165, 1.54) is 19.2 Å². The molecule has 3 nitrogen and oxygen atoms in total.